The lowest BCUT2D eigenvalue weighted by atomic mass is 9.72. The molecule has 23 heavy (non-hydrogen) atoms. The molecule has 2 fully saturated rings. The van der Waals surface area contributed by atoms with Gasteiger partial charge in [-0.1, -0.05) is 20.3 Å². The van der Waals surface area contributed by atoms with Gasteiger partial charge in [0.15, 0.2) is 0 Å². The fourth-order valence-electron chi connectivity index (χ4n) is 3.37. The van der Waals surface area contributed by atoms with Gasteiger partial charge in [-0.3, -0.25) is 9.59 Å². The van der Waals surface area contributed by atoms with E-state index >= 15 is 0 Å². The molecule has 0 radical (unpaired) electrons. The van der Waals surface area contributed by atoms with E-state index in [1.165, 1.54) is 6.42 Å². The minimum Gasteiger partial charge on any atom is -0.349 e. The highest BCUT2D eigenvalue weighted by atomic mass is 16.2. The summed E-state index contributed by atoms with van der Waals surface area (Å²) in [5.41, 5.74) is 1.67. The Labute approximate surface area is 138 Å². The van der Waals surface area contributed by atoms with Crippen molar-refractivity contribution < 1.29 is 9.59 Å². The smallest absolute Gasteiger partial charge is 0.251 e. The molecule has 2 saturated carbocycles. The summed E-state index contributed by atoms with van der Waals surface area (Å²) in [6, 6.07) is 7.54. The lowest BCUT2D eigenvalue weighted by Gasteiger charge is -2.34. The molecule has 4 nitrogen and oxygen atoms in total. The maximum Gasteiger partial charge on any atom is 0.251 e. The summed E-state index contributed by atoms with van der Waals surface area (Å²) in [5.74, 6) is 0.170. The highest BCUT2D eigenvalue weighted by Gasteiger charge is 2.32. The van der Waals surface area contributed by atoms with Crippen molar-refractivity contribution in [3.8, 4) is 0 Å². The first-order valence-corrected chi connectivity index (χ1v) is 8.65. The molecule has 2 aliphatic carbocycles. The van der Waals surface area contributed by atoms with Gasteiger partial charge in [-0.05, 0) is 61.8 Å². The van der Waals surface area contributed by atoms with Crippen molar-refractivity contribution in [2.45, 2.75) is 58.4 Å². The lowest BCUT2D eigenvalue weighted by Crippen LogP contribution is -2.31. The molecular weight excluding hydrogens is 288 g/mol. The summed E-state index contributed by atoms with van der Waals surface area (Å²) in [6.45, 7) is 4.47. The summed E-state index contributed by atoms with van der Waals surface area (Å²) < 4.78 is 0. The molecule has 0 aromatic heterocycles. The van der Waals surface area contributed by atoms with E-state index in [2.05, 4.69) is 24.5 Å². The molecule has 4 heteroatoms. The van der Waals surface area contributed by atoms with Crippen molar-refractivity contribution in [1.29, 1.82) is 0 Å². The van der Waals surface area contributed by atoms with Crippen LogP contribution >= 0.6 is 0 Å². The van der Waals surface area contributed by atoms with Gasteiger partial charge in [0, 0.05) is 23.2 Å². The average molecular weight is 314 g/mol. The Morgan fingerprint density at radius 2 is 1.78 bits per heavy atom. The van der Waals surface area contributed by atoms with Gasteiger partial charge in [0.05, 0.1) is 0 Å². The zero-order valence-corrected chi connectivity index (χ0v) is 14.0. The average Bonchev–Trinajstić information content (AvgIpc) is 3.31. The van der Waals surface area contributed by atoms with E-state index in [1.54, 1.807) is 12.1 Å². The Morgan fingerprint density at radius 3 is 2.39 bits per heavy atom. The second-order valence-electron chi connectivity index (χ2n) is 7.77. The Morgan fingerprint density at radius 1 is 1.09 bits per heavy atom. The highest BCUT2D eigenvalue weighted by Crippen LogP contribution is 2.38. The van der Waals surface area contributed by atoms with E-state index in [1.807, 2.05) is 12.1 Å². The van der Waals surface area contributed by atoms with E-state index in [9.17, 15) is 9.59 Å². The van der Waals surface area contributed by atoms with Gasteiger partial charge in [-0.25, -0.2) is 0 Å². The van der Waals surface area contributed by atoms with Gasteiger partial charge in [0.25, 0.3) is 5.91 Å². The molecule has 0 aliphatic heterocycles. The number of benzene rings is 1. The largest absolute Gasteiger partial charge is 0.349 e. The molecule has 0 saturated heterocycles. The van der Waals surface area contributed by atoms with Crippen molar-refractivity contribution in [3.63, 3.8) is 0 Å². The van der Waals surface area contributed by atoms with Crippen molar-refractivity contribution >= 4 is 17.5 Å². The molecule has 1 unspecified atom stereocenters. The zero-order chi connectivity index (χ0) is 16.4. The van der Waals surface area contributed by atoms with Gasteiger partial charge in [0.2, 0.25) is 5.91 Å². The number of anilines is 1. The summed E-state index contributed by atoms with van der Waals surface area (Å²) >= 11 is 0. The van der Waals surface area contributed by atoms with Crippen LogP contribution in [0.3, 0.4) is 0 Å². The first kappa shape index (κ1) is 16.0. The number of amides is 2. The third-order valence-corrected chi connectivity index (χ3v) is 4.90. The predicted octanol–water partition coefficient (Wildman–Crippen LogP) is 3.73. The van der Waals surface area contributed by atoms with Crippen LogP contribution in [0.15, 0.2) is 24.3 Å². The minimum absolute atomic E-state index is 0.0283. The number of carbonyl (C=O) groups is 2. The molecule has 0 heterocycles. The van der Waals surface area contributed by atoms with Crippen LogP contribution in [0.2, 0.25) is 0 Å². The maximum atomic E-state index is 12.4. The molecule has 2 aliphatic rings. The Hall–Kier alpha value is -1.84. The lowest BCUT2D eigenvalue weighted by molar-refractivity contribution is -0.122. The van der Waals surface area contributed by atoms with E-state index < -0.39 is 0 Å². The van der Waals surface area contributed by atoms with Gasteiger partial charge in [-0.2, -0.15) is 0 Å². The van der Waals surface area contributed by atoms with Crippen molar-refractivity contribution in [1.82, 2.24) is 5.32 Å². The topological polar surface area (TPSA) is 58.2 Å². The molecule has 1 atom stereocenters. The van der Waals surface area contributed by atoms with Crippen LogP contribution in [-0.2, 0) is 4.79 Å². The number of carbonyl (C=O) groups excluding carboxylic acids is 2. The standard InChI is InChI=1S/C19H26N2O2/c1-19(2)11-3-4-14(12-19)18(23)21-15-7-5-13(6-8-15)17(22)20-16-9-10-16/h5-8,14,16H,3-4,9-12H2,1-2H3,(H,20,22)(H,21,23). The minimum atomic E-state index is -0.0283. The Bertz CT molecular complexity index is 588. The van der Waals surface area contributed by atoms with Crippen LogP contribution in [-0.4, -0.2) is 17.9 Å². The summed E-state index contributed by atoms with van der Waals surface area (Å²) in [6.07, 6.45) is 6.39. The monoisotopic (exact) mass is 314 g/mol. The highest BCUT2D eigenvalue weighted by molar-refractivity contribution is 5.96. The second-order valence-corrected chi connectivity index (χ2v) is 7.77. The van der Waals surface area contributed by atoms with E-state index in [0.717, 1.165) is 37.8 Å². The molecule has 2 amide bonds. The molecule has 3 rings (SSSR count). The van der Waals surface area contributed by atoms with Gasteiger partial charge in [0.1, 0.15) is 0 Å². The normalized spacial score (nSPS) is 23.1. The maximum absolute atomic E-state index is 12.4. The fraction of sp³-hybridized carbons (Fsp3) is 0.579. The third-order valence-electron chi connectivity index (χ3n) is 4.90. The van der Waals surface area contributed by atoms with Crippen LogP contribution in [0.4, 0.5) is 5.69 Å². The molecule has 0 bridgehead atoms. The number of rotatable bonds is 4. The Kier molecular flexibility index (Phi) is 4.42. The molecule has 124 valence electrons. The van der Waals surface area contributed by atoms with E-state index in [-0.39, 0.29) is 23.1 Å². The van der Waals surface area contributed by atoms with Crippen LogP contribution in [0.5, 0.6) is 0 Å². The first-order valence-electron chi connectivity index (χ1n) is 8.65. The summed E-state index contributed by atoms with van der Waals surface area (Å²) in [5, 5.41) is 5.96. The molecule has 0 spiro atoms. The van der Waals surface area contributed by atoms with E-state index in [4.69, 9.17) is 0 Å². The fourth-order valence-corrected chi connectivity index (χ4v) is 3.37. The number of hydrogen-bond acceptors (Lipinski definition) is 2. The van der Waals surface area contributed by atoms with Gasteiger partial charge >= 0.3 is 0 Å². The Balaban J connectivity index is 1.57. The van der Waals surface area contributed by atoms with Crippen LogP contribution in [0.25, 0.3) is 0 Å². The molecule has 1 aromatic rings. The van der Waals surface area contributed by atoms with Gasteiger partial charge in [-0.15, -0.1) is 0 Å². The number of nitrogens with one attached hydrogen (secondary N) is 2. The van der Waals surface area contributed by atoms with Crippen LogP contribution < -0.4 is 10.6 Å². The van der Waals surface area contributed by atoms with Gasteiger partial charge < -0.3 is 10.6 Å². The van der Waals surface area contributed by atoms with Crippen molar-refractivity contribution in [2.24, 2.45) is 11.3 Å². The summed E-state index contributed by atoms with van der Waals surface area (Å²) in [4.78, 5) is 24.4. The first-order chi connectivity index (χ1) is 10.9. The predicted molar refractivity (Wildman–Crippen MR) is 91.3 cm³/mol. The molecule has 1 aromatic carbocycles. The van der Waals surface area contributed by atoms with E-state index in [0.29, 0.717) is 11.6 Å². The second kappa shape index (κ2) is 6.34. The van der Waals surface area contributed by atoms with Crippen molar-refractivity contribution in [3.05, 3.63) is 29.8 Å². The zero-order valence-electron chi connectivity index (χ0n) is 14.0. The molecular formula is C19H26N2O2. The van der Waals surface area contributed by atoms with Crippen LogP contribution in [0.1, 0.15) is 62.7 Å². The molecule has 2 N–H and O–H groups in total. The third kappa shape index (κ3) is 4.34. The number of hydrogen-bond donors (Lipinski definition) is 2. The quantitative estimate of drug-likeness (QED) is 0.889. The van der Waals surface area contributed by atoms with Crippen molar-refractivity contribution in [2.75, 3.05) is 5.32 Å². The summed E-state index contributed by atoms with van der Waals surface area (Å²) in [7, 11) is 0. The van der Waals surface area contributed by atoms with Crippen LogP contribution in [0, 0.1) is 11.3 Å². The SMILES string of the molecule is CC1(C)CCCC(C(=O)Nc2ccc(C(=O)NC3CC3)cc2)C1.